The summed E-state index contributed by atoms with van der Waals surface area (Å²) in [4.78, 5) is 10.5. The van der Waals surface area contributed by atoms with Crippen LogP contribution in [-0.4, -0.2) is 33.8 Å². The first-order valence-electron chi connectivity index (χ1n) is 6.83. The molecule has 2 fully saturated rings. The highest BCUT2D eigenvalue weighted by molar-refractivity contribution is 9.10. The predicted octanol–water partition coefficient (Wildman–Crippen LogP) is 1.95. The highest BCUT2D eigenvalue weighted by Gasteiger charge is 2.43. The maximum absolute atomic E-state index is 10.7. The van der Waals surface area contributed by atoms with Crippen molar-refractivity contribution < 1.29 is 5.11 Å². The van der Waals surface area contributed by atoms with Crippen LogP contribution in [0.4, 0.5) is 11.6 Å². The molecule has 2 unspecified atom stereocenters. The van der Waals surface area contributed by atoms with E-state index in [1.165, 1.54) is 12.7 Å². The van der Waals surface area contributed by atoms with Crippen molar-refractivity contribution in [2.45, 2.75) is 37.7 Å². The van der Waals surface area contributed by atoms with E-state index in [0.29, 0.717) is 11.7 Å². The van der Waals surface area contributed by atoms with E-state index in [9.17, 15) is 5.11 Å². The van der Waals surface area contributed by atoms with E-state index in [1.807, 2.05) is 0 Å². The lowest BCUT2D eigenvalue weighted by atomic mass is 9.71. The van der Waals surface area contributed by atoms with Crippen molar-refractivity contribution in [1.29, 1.82) is 0 Å². The van der Waals surface area contributed by atoms with E-state index in [1.54, 1.807) is 0 Å². The van der Waals surface area contributed by atoms with Gasteiger partial charge in [0.05, 0.1) is 5.60 Å². The topological polar surface area (TPSA) is 75.3 Å². The Hall–Kier alpha value is -0.880. The Morgan fingerprint density at radius 2 is 2.21 bits per heavy atom. The Bertz CT molecular complexity index is 484. The lowest BCUT2D eigenvalue weighted by Crippen LogP contribution is -2.53. The summed E-state index contributed by atoms with van der Waals surface area (Å²) in [6.45, 7) is 1.67. The van der Waals surface area contributed by atoms with Crippen molar-refractivity contribution in [2.75, 3.05) is 23.7 Å². The smallest absolute Gasteiger partial charge is 0.148 e. The second-order valence-corrected chi connectivity index (χ2v) is 6.43. The lowest BCUT2D eigenvalue weighted by Gasteiger charge is -2.47. The molecule has 0 radical (unpaired) electrons. The molecule has 19 heavy (non-hydrogen) atoms. The highest BCUT2D eigenvalue weighted by atomic mass is 79.9. The zero-order valence-electron chi connectivity index (χ0n) is 10.8. The summed E-state index contributed by atoms with van der Waals surface area (Å²) in [5, 5.41) is 10.7. The zero-order valence-corrected chi connectivity index (χ0v) is 12.4. The summed E-state index contributed by atoms with van der Waals surface area (Å²) in [6.07, 6.45) is 6.72. The number of hydrogen-bond donors (Lipinski definition) is 2. The molecular formula is C13H19BrN4O. The average molecular weight is 327 g/mol. The molecule has 0 bridgehead atoms. The van der Waals surface area contributed by atoms with Crippen molar-refractivity contribution in [1.82, 2.24) is 9.97 Å². The summed E-state index contributed by atoms with van der Waals surface area (Å²) < 4.78 is 0.760. The minimum atomic E-state index is -0.459. The number of fused-ring (bicyclic) bond motifs is 1. The van der Waals surface area contributed by atoms with E-state index < -0.39 is 5.60 Å². The largest absolute Gasteiger partial charge is 0.389 e. The average Bonchev–Trinajstić information content (AvgIpc) is 2.41. The van der Waals surface area contributed by atoms with E-state index in [0.717, 1.165) is 49.1 Å². The van der Waals surface area contributed by atoms with Gasteiger partial charge in [-0.3, -0.25) is 0 Å². The number of halogens is 1. The van der Waals surface area contributed by atoms with Gasteiger partial charge < -0.3 is 15.7 Å². The number of nitrogens with two attached hydrogens (primary N) is 1. The fourth-order valence-corrected chi connectivity index (χ4v) is 3.81. The molecule has 6 heteroatoms. The fourth-order valence-electron chi connectivity index (χ4n) is 3.36. The molecule has 2 aliphatic rings. The van der Waals surface area contributed by atoms with Gasteiger partial charge in [-0.25, -0.2) is 9.97 Å². The SMILES string of the molecule is Nc1ncnc(N2CCC3(O)CCCCC3C2)c1Br. The molecule has 1 aromatic rings. The minimum absolute atomic E-state index is 0.345. The second kappa shape index (κ2) is 4.90. The summed E-state index contributed by atoms with van der Waals surface area (Å²) in [6, 6.07) is 0. The maximum atomic E-state index is 10.7. The third-order valence-corrected chi connectivity index (χ3v) is 5.29. The van der Waals surface area contributed by atoms with Crippen LogP contribution in [0.3, 0.4) is 0 Å². The fraction of sp³-hybridized carbons (Fsp3) is 0.692. The second-order valence-electron chi connectivity index (χ2n) is 5.64. The van der Waals surface area contributed by atoms with Crippen LogP contribution in [0.2, 0.25) is 0 Å². The molecule has 1 saturated carbocycles. The van der Waals surface area contributed by atoms with E-state index in [2.05, 4.69) is 30.8 Å². The Labute approximate surface area is 121 Å². The van der Waals surface area contributed by atoms with Gasteiger partial charge in [-0.2, -0.15) is 0 Å². The normalized spacial score (nSPS) is 31.1. The number of nitrogens with zero attached hydrogens (tertiary/aromatic N) is 3. The first kappa shape index (κ1) is 13.1. The lowest BCUT2D eigenvalue weighted by molar-refractivity contribution is -0.0613. The van der Waals surface area contributed by atoms with Crippen LogP contribution in [0.25, 0.3) is 0 Å². The molecule has 1 saturated heterocycles. The Morgan fingerprint density at radius 1 is 1.37 bits per heavy atom. The van der Waals surface area contributed by atoms with Gasteiger partial charge in [0, 0.05) is 19.0 Å². The van der Waals surface area contributed by atoms with Gasteiger partial charge >= 0.3 is 0 Å². The number of anilines is 2. The van der Waals surface area contributed by atoms with Crippen LogP contribution in [0, 0.1) is 5.92 Å². The Morgan fingerprint density at radius 3 is 3.05 bits per heavy atom. The third-order valence-electron chi connectivity index (χ3n) is 4.53. The summed E-state index contributed by atoms with van der Waals surface area (Å²) in [5.41, 5.74) is 5.35. The molecule has 3 N–H and O–H groups in total. The standard InChI is InChI=1S/C13H19BrN4O/c14-10-11(15)16-8-17-12(10)18-6-5-13(19)4-2-1-3-9(13)7-18/h8-9,19H,1-7H2,(H2,15,16,17). The quantitative estimate of drug-likeness (QED) is 0.825. The van der Waals surface area contributed by atoms with E-state index in [-0.39, 0.29) is 0 Å². The van der Waals surface area contributed by atoms with Crippen molar-refractivity contribution in [3.05, 3.63) is 10.8 Å². The van der Waals surface area contributed by atoms with Crippen molar-refractivity contribution in [2.24, 2.45) is 5.92 Å². The highest BCUT2D eigenvalue weighted by Crippen LogP contribution is 2.41. The molecule has 1 aromatic heterocycles. The van der Waals surface area contributed by atoms with Crippen LogP contribution in [0.1, 0.15) is 32.1 Å². The number of nitrogen functional groups attached to an aromatic ring is 1. The van der Waals surface area contributed by atoms with Crippen LogP contribution in [0.5, 0.6) is 0 Å². The monoisotopic (exact) mass is 326 g/mol. The molecule has 104 valence electrons. The first-order valence-corrected chi connectivity index (χ1v) is 7.63. The zero-order chi connectivity index (χ0) is 13.5. The van der Waals surface area contributed by atoms with E-state index >= 15 is 0 Å². The summed E-state index contributed by atoms with van der Waals surface area (Å²) >= 11 is 3.46. The number of rotatable bonds is 1. The molecule has 0 spiro atoms. The first-order chi connectivity index (χ1) is 9.10. The number of hydrogen-bond acceptors (Lipinski definition) is 5. The van der Waals surface area contributed by atoms with Gasteiger partial charge in [-0.05, 0) is 35.2 Å². The Kier molecular flexibility index (Phi) is 3.39. The number of aliphatic hydroxyl groups is 1. The maximum Gasteiger partial charge on any atom is 0.148 e. The number of piperidine rings is 1. The summed E-state index contributed by atoms with van der Waals surface area (Å²) in [7, 11) is 0. The van der Waals surface area contributed by atoms with Crippen LogP contribution in [0.15, 0.2) is 10.8 Å². The van der Waals surface area contributed by atoms with Gasteiger partial charge in [0.25, 0.3) is 0 Å². The molecule has 2 atom stereocenters. The van der Waals surface area contributed by atoms with Gasteiger partial charge in [-0.1, -0.05) is 12.8 Å². The minimum Gasteiger partial charge on any atom is -0.389 e. The van der Waals surface area contributed by atoms with Crippen molar-refractivity contribution >= 4 is 27.6 Å². The molecule has 1 aliphatic heterocycles. The van der Waals surface area contributed by atoms with Gasteiger partial charge in [0.1, 0.15) is 22.4 Å². The molecule has 3 rings (SSSR count). The number of aromatic nitrogens is 2. The Balaban J connectivity index is 1.83. The van der Waals surface area contributed by atoms with Crippen LogP contribution < -0.4 is 10.6 Å². The molecular weight excluding hydrogens is 308 g/mol. The van der Waals surface area contributed by atoms with Gasteiger partial charge in [0.15, 0.2) is 0 Å². The predicted molar refractivity (Wildman–Crippen MR) is 77.9 cm³/mol. The van der Waals surface area contributed by atoms with E-state index in [4.69, 9.17) is 5.73 Å². The molecule has 2 heterocycles. The van der Waals surface area contributed by atoms with Crippen LogP contribution >= 0.6 is 15.9 Å². The van der Waals surface area contributed by atoms with Crippen molar-refractivity contribution in [3.8, 4) is 0 Å². The molecule has 0 aromatic carbocycles. The third kappa shape index (κ3) is 2.31. The van der Waals surface area contributed by atoms with Gasteiger partial charge in [0.2, 0.25) is 0 Å². The van der Waals surface area contributed by atoms with Crippen LogP contribution in [-0.2, 0) is 0 Å². The summed E-state index contributed by atoms with van der Waals surface area (Å²) in [5.74, 6) is 1.66. The molecule has 5 nitrogen and oxygen atoms in total. The van der Waals surface area contributed by atoms with Crippen molar-refractivity contribution in [3.63, 3.8) is 0 Å². The molecule has 0 amide bonds. The van der Waals surface area contributed by atoms with Gasteiger partial charge in [-0.15, -0.1) is 0 Å². The molecule has 1 aliphatic carbocycles.